The van der Waals surface area contributed by atoms with Crippen molar-refractivity contribution in [2.75, 3.05) is 5.73 Å². The van der Waals surface area contributed by atoms with Crippen LogP contribution in [0.2, 0.25) is 0 Å². The van der Waals surface area contributed by atoms with Gasteiger partial charge in [-0.15, -0.1) is 0 Å². The van der Waals surface area contributed by atoms with Crippen LogP contribution in [0.1, 0.15) is 11.1 Å². The molecule has 2 aromatic carbocycles. The lowest BCUT2D eigenvalue weighted by molar-refractivity contribution is 0.439. The van der Waals surface area contributed by atoms with Crippen LogP contribution in [0, 0.1) is 13.8 Å². The van der Waals surface area contributed by atoms with Crippen LogP contribution in [-0.2, 0) is 0 Å². The molecule has 21 heavy (non-hydrogen) atoms. The first-order valence-corrected chi connectivity index (χ1v) is 7.44. The molecule has 106 valence electrons. The Labute approximate surface area is 131 Å². The molecule has 0 amide bonds. The van der Waals surface area contributed by atoms with Gasteiger partial charge >= 0.3 is 0 Å². The molecule has 0 aliphatic rings. The largest absolute Gasteiger partial charge is 0.367 e. The molecule has 3 rings (SSSR count). The topological polar surface area (TPSA) is 52.0 Å². The first kappa shape index (κ1) is 13.9. The molecule has 0 saturated heterocycles. The van der Waals surface area contributed by atoms with Crippen LogP contribution in [0.5, 0.6) is 0 Å². The van der Waals surface area contributed by atoms with Crippen LogP contribution in [0.15, 0.2) is 51.5 Å². The van der Waals surface area contributed by atoms with Crippen molar-refractivity contribution in [1.29, 1.82) is 0 Å². The second-order valence-corrected chi connectivity index (χ2v) is 5.99. The van der Waals surface area contributed by atoms with E-state index in [9.17, 15) is 0 Å². The fourth-order valence-electron chi connectivity index (χ4n) is 2.28. The molecule has 0 bridgehead atoms. The van der Waals surface area contributed by atoms with Gasteiger partial charge in [-0.05, 0) is 48.7 Å². The Bertz CT molecular complexity index is 791. The van der Waals surface area contributed by atoms with E-state index in [0.29, 0.717) is 5.88 Å². The van der Waals surface area contributed by atoms with E-state index in [1.54, 1.807) is 0 Å². The third-order valence-corrected chi connectivity index (χ3v) is 4.16. The van der Waals surface area contributed by atoms with Gasteiger partial charge in [0.2, 0.25) is 5.88 Å². The average Bonchev–Trinajstić information content (AvgIpc) is 2.85. The number of halogens is 1. The van der Waals surface area contributed by atoms with Crippen LogP contribution >= 0.6 is 15.9 Å². The molecule has 0 radical (unpaired) electrons. The van der Waals surface area contributed by atoms with Gasteiger partial charge in [-0.25, -0.2) is 0 Å². The van der Waals surface area contributed by atoms with Crippen molar-refractivity contribution in [3.8, 4) is 22.4 Å². The lowest BCUT2D eigenvalue weighted by atomic mass is 9.98. The van der Waals surface area contributed by atoms with Gasteiger partial charge < -0.3 is 10.3 Å². The summed E-state index contributed by atoms with van der Waals surface area (Å²) in [6, 6.07) is 14.2. The highest BCUT2D eigenvalue weighted by Gasteiger charge is 2.17. The normalized spacial score (nSPS) is 10.8. The minimum Gasteiger partial charge on any atom is -0.367 e. The number of aryl methyl sites for hydroxylation is 2. The van der Waals surface area contributed by atoms with Crippen molar-refractivity contribution in [3.63, 3.8) is 0 Å². The van der Waals surface area contributed by atoms with Crippen molar-refractivity contribution < 1.29 is 4.52 Å². The quantitative estimate of drug-likeness (QED) is 0.715. The van der Waals surface area contributed by atoms with E-state index in [0.717, 1.165) is 26.9 Å². The Balaban J connectivity index is 2.16. The summed E-state index contributed by atoms with van der Waals surface area (Å²) in [6.45, 7) is 4.17. The second kappa shape index (κ2) is 5.37. The molecule has 1 aromatic heterocycles. The zero-order chi connectivity index (χ0) is 15.0. The molecule has 3 nitrogen and oxygen atoms in total. The summed E-state index contributed by atoms with van der Waals surface area (Å²) in [5.41, 5.74) is 12.1. The van der Waals surface area contributed by atoms with Crippen molar-refractivity contribution in [1.82, 2.24) is 5.16 Å². The highest BCUT2D eigenvalue weighted by Crippen LogP contribution is 2.37. The van der Waals surface area contributed by atoms with Crippen LogP contribution in [0.3, 0.4) is 0 Å². The highest BCUT2D eigenvalue weighted by atomic mass is 79.9. The fraction of sp³-hybridized carbons (Fsp3) is 0.118. The number of rotatable bonds is 2. The van der Waals surface area contributed by atoms with Crippen molar-refractivity contribution >= 4 is 21.8 Å². The summed E-state index contributed by atoms with van der Waals surface area (Å²) in [5.74, 6) is 0.338. The third kappa shape index (κ3) is 2.59. The Morgan fingerprint density at radius 3 is 2.29 bits per heavy atom. The summed E-state index contributed by atoms with van der Waals surface area (Å²) in [5, 5.41) is 4.14. The Hall–Kier alpha value is -2.07. The van der Waals surface area contributed by atoms with E-state index in [2.05, 4.69) is 47.1 Å². The van der Waals surface area contributed by atoms with Crippen LogP contribution in [0.25, 0.3) is 22.4 Å². The number of nitrogens with two attached hydrogens (primary N) is 1. The smallest absolute Gasteiger partial charge is 0.230 e. The van der Waals surface area contributed by atoms with Gasteiger partial charge in [0.05, 0.1) is 5.56 Å². The van der Waals surface area contributed by atoms with Crippen molar-refractivity contribution in [2.24, 2.45) is 0 Å². The van der Waals surface area contributed by atoms with Crippen LogP contribution < -0.4 is 5.73 Å². The van der Waals surface area contributed by atoms with Crippen molar-refractivity contribution in [2.45, 2.75) is 13.8 Å². The summed E-state index contributed by atoms with van der Waals surface area (Å²) in [7, 11) is 0. The van der Waals surface area contributed by atoms with Gasteiger partial charge in [0, 0.05) is 10.0 Å². The molecule has 0 unspecified atom stereocenters. The predicted molar refractivity (Wildman–Crippen MR) is 89.0 cm³/mol. The Morgan fingerprint density at radius 1 is 0.952 bits per heavy atom. The van der Waals surface area contributed by atoms with E-state index < -0.39 is 0 Å². The molecule has 1 heterocycles. The maximum absolute atomic E-state index is 5.98. The number of nitrogens with zero attached hydrogens (tertiary/aromatic N) is 1. The van der Waals surface area contributed by atoms with E-state index in [1.807, 2.05) is 30.3 Å². The van der Waals surface area contributed by atoms with Crippen LogP contribution in [0.4, 0.5) is 5.88 Å². The van der Waals surface area contributed by atoms with Gasteiger partial charge in [-0.3, -0.25) is 0 Å². The number of aromatic nitrogens is 1. The summed E-state index contributed by atoms with van der Waals surface area (Å²) in [4.78, 5) is 0. The second-order valence-electron chi connectivity index (χ2n) is 5.08. The molecule has 0 fully saturated rings. The maximum Gasteiger partial charge on any atom is 0.230 e. The molecule has 2 N–H and O–H groups in total. The molecular formula is C17H15BrN2O. The maximum atomic E-state index is 5.98. The Morgan fingerprint density at radius 2 is 1.62 bits per heavy atom. The zero-order valence-electron chi connectivity index (χ0n) is 11.9. The van der Waals surface area contributed by atoms with Gasteiger partial charge in [-0.2, -0.15) is 0 Å². The zero-order valence-corrected chi connectivity index (χ0v) is 13.4. The van der Waals surface area contributed by atoms with Gasteiger partial charge in [0.25, 0.3) is 0 Å². The fourth-order valence-corrected chi connectivity index (χ4v) is 2.55. The van der Waals surface area contributed by atoms with Crippen molar-refractivity contribution in [3.05, 3.63) is 58.1 Å². The average molecular weight is 343 g/mol. The lowest BCUT2D eigenvalue weighted by Crippen LogP contribution is -1.89. The van der Waals surface area contributed by atoms with Crippen LogP contribution in [-0.4, -0.2) is 5.16 Å². The van der Waals surface area contributed by atoms with E-state index >= 15 is 0 Å². The number of hydrogen-bond donors (Lipinski definition) is 1. The number of nitrogen functional groups attached to an aromatic ring is 1. The van der Waals surface area contributed by atoms with Gasteiger partial charge in [0.1, 0.15) is 5.69 Å². The monoisotopic (exact) mass is 342 g/mol. The Kier molecular flexibility index (Phi) is 3.55. The third-order valence-electron chi connectivity index (χ3n) is 3.63. The molecule has 0 saturated carbocycles. The van der Waals surface area contributed by atoms with E-state index in [-0.39, 0.29) is 0 Å². The number of anilines is 1. The first-order valence-electron chi connectivity index (χ1n) is 6.65. The SMILES string of the molecule is Cc1ccc(-c2noc(N)c2-c2ccc(Br)cc2)cc1C. The first-order chi connectivity index (χ1) is 10.1. The van der Waals surface area contributed by atoms with E-state index in [4.69, 9.17) is 10.3 Å². The molecular weight excluding hydrogens is 328 g/mol. The summed E-state index contributed by atoms with van der Waals surface area (Å²) < 4.78 is 6.24. The molecule has 3 aromatic rings. The van der Waals surface area contributed by atoms with Gasteiger partial charge in [-0.1, -0.05) is 45.4 Å². The number of benzene rings is 2. The summed E-state index contributed by atoms with van der Waals surface area (Å²) >= 11 is 3.44. The lowest BCUT2D eigenvalue weighted by Gasteiger charge is -2.06. The molecule has 0 aliphatic carbocycles. The molecule has 4 heteroatoms. The number of hydrogen-bond acceptors (Lipinski definition) is 3. The molecule has 0 spiro atoms. The summed E-state index contributed by atoms with van der Waals surface area (Å²) in [6.07, 6.45) is 0. The molecule has 0 atom stereocenters. The van der Waals surface area contributed by atoms with Gasteiger partial charge in [0.15, 0.2) is 0 Å². The highest BCUT2D eigenvalue weighted by molar-refractivity contribution is 9.10. The minimum atomic E-state index is 0.338. The van der Waals surface area contributed by atoms with E-state index in [1.165, 1.54) is 11.1 Å². The molecule has 0 aliphatic heterocycles. The minimum absolute atomic E-state index is 0.338. The standard InChI is InChI=1S/C17H15BrN2O/c1-10-3-4-13(9-11(10)2)16-15(17(19)21-20-16)12-5-7-14(18)8-6-12/h3-9H,19H2,1-2H3. The predicted octanol–water partition coefficient (Wildman–Crippen LogP) is 4.97.